The molecule has 0 atom stereocenters. The van der Waals surface area contributed by atoms with Gasteiger partial charge in [0.1, 0.15) is 11.4 Å². The molecule has 0 aromatic heterocycles. The molecule has 3 heteroatoms. The fourth-order valence-corrected chi connectivity index (χ4v) is 7.99. The van der Waals surface area contributed by atoms with Gasteiger partial charge in [-0.3, -0.25) is 4.79 Å². The van der Waals surface area contributed by atoms with Crippen molar-refractivity contribution in [1.29, 1.82) is 0 Å². The molecular weight excluding hydrogens is 372 g/mol. The summed E-state index contributed by atoms with van der Waals surface area (Å²) in [5.74, 6) is 3.49. The lowest BCUT2D eigenvalue weighted by atomic mass is 9.85. The van der Waals surface area contributed by atoms with Crippen LogP contribution in [0.4, 0.5) is 0 Å². The highest BCUT2D eigenvalue weighted by atomic mass is 28.3. The predicted molar refractivity (Wildman–Crippen MR) is 120 cm³/mol. The number of hydrogen-bond donors (Lipinski definition) is 1. The summed E-state index contributed by atoms with van der Waals surface area (Å²) in [6.07, 6.45) is 1.65. The molecule has 2 nitrogen and oxygen atoms in total. The molecule has 0 bridgehead atoms. The monoisotopic (exact) mass is 396 g/mol. The molecular formula is C26H24O2Si. The van der Waals surface area contributed by atoms with E-state index >= 15 is 0 Å². The first-order valence-corrected chi connectivity index (χ1v) is 12.1. The highest BCUT2D eigenvalue weighted by Crippen LogP contribution is 2.25. The lowest BCUT2D eigenvalue weighted by molar-refractivity contribution is -0.123. The summed E-state index contributed by atoms with van der Waals surface area (Å²) in [4.78, 5) is 11.7. The van der Waals surface area contributed by atoms with Crippen LogP contribution in [-0.4, -0.2) is 24.6 Å². The van der Waals surface area contributed by atoms with Gasteiger partial charge in [-0.1, -0.05) is 96.9 Å². The van der Waals surface area contributed by atoms with Gasteiger partial charge in [0.25, 0.3) is 0 Å². The van der Waals surface area contributed by atoms with Gasteiger partial charge in [0.05, 0.1) is 0 Å². The Balaban J connectivity index is 1.94. The second-order valence-corrected chi connectivity index (χ2v) is 11.2. The van der Waals surface area contributed by atoms with E-state index < -0.39 is 13.7 Å². The summed E-state index contributed by atoms with van der Waals surface area (Å²) < 4.78 is 0. The minimum atomic E-state index is -2.68. The SMILES string of the molecule is O=C1CCC(O)(C#C[Si](c2ccccc2)(c2ccccc2)c2ccccc2)CC1. The van der Waals surface area contributed by atoms with Gasteiger partial charge in [0.2, 0.25) is 8.07 Å². The Morgan fingerprint density at radius 3 is 1.45 bits per heavy atom. The van der Waals surface area contributed by atoms with Crippen LogP contribution in [0.1, 0.15) is 25.7 Å². The van der Waals surface area contributed by atoms with Crippen LogP contribution in [0.25, 0.3) is 0 Å². The van der Waals surface area contributed by atoms with E-state index in [2.05, 4.69) is 84.3 Å². The maximum absolute atomic E-state index is 11.7. The van der Waals surface area contributed by atoms with Crippen molar-refractivity contribution in [1.82, 2.24) is 0 Å². The number of carbonyl (C=O) groups excluding carboxylic acids is 1. The summed E-state index contributed by atoms with van der Waals surface area (Å²) in [5.41, 5.74) is 2.54. The number of Topliss-reactive ketones (excluding diaryl/α,β-unsaturated/α-hetero) is 1. The van der Waals surface area contributed by atoms with Crippen LogP contribution in [0.15, 0.2) is 91.0 Å². The highest BCUT2D eigenvalue weighted by Gasteiger charge is 2.39. The first kappa shape index (κ1) is 19.4. The molecule has 0 spiro atoms. The Labute approximate surface area is 173 Å². The van der Waals surface area contributed by atoms with Crippen molar-refractivity contribution in [2.75, 3.05) is 0 Å². The second kappa shape index (κ2) is 8.20. The van der Waals surface area contributed by atoms with Gasteiger partial charge >= 0.3 is 0 Å². The quantitative estimate of drug-likeness (QED) is 0.420. The maximum Gasteiger partial charge on any atom is 0.229 e. The van der Waals surface area contributed by atoms with Crippen LogP contribution in [0, 0.1) is 11.5 Å². The van der Waals surface area contributed by atoms with Gasteiger partial charge in [-0.05, 0) is 28.4 Å². The number of hydrogen-bond acceptors (Lipinski definition) is 2. The van der Waals surface area contributed by atoms with Crippen molar-refractivity contribution in [3.63, 3.8) is 0 Å². The molecule has 0 amide bonds. The molecule has 0 unspecified atom stereocenters. The zero-order valence-electron chi connectivity index (χ0n) is 16.3. The van der Waals surface area contributed by atoms with Gasteiger partial charge in [-0.2, -0.15) is 0 Å². The van der Waals surface area contributed by atoms with Crippen LogP contribution >= 0.6 is 0 Å². The predicted octanol–water partition coefficient (Wildman–Crippen LogP) is 2.57. The van der Waals surface area contributed by atoms with Crippen molar-refractivity contribution in [2.45, 2.75) is 31.3 Å². The Kier molecular flexibility index (Phi) is 5.48. The van der Waals surface area contributed by atoms with Crippen molar-refractivity contribution in [2.24, 2.45) is 0 Å². The van der Waals surface area contributed by atoms with Crippen LogP contribution < -0.4 is 15.6 Å². The fraction of sp³-hybridized carbons (Fsp3) is 0.192. The molecule has 0 saturated heterocycles. The smallest absolute Gasteiger partial charge is 0.229 e. The number of carbonyl (C=O) groups is 1. The lowest BCUT2D eigenvalue weighted by Crippen LogP contribution is -2.66. The Bertz CT molecular complexity index is 927. The third kappa shape index (κ3) is 3.96. The molecule has 29 heavy (non-hydrogen) atoms. The van der Waals surface area contributed by atoms with Gasteiger partial charge in [-0.15, -0.1) is 5.54 Å². The molecule has 0 radical (unpaired) electrons. The van der Waals surface area contributed by atoms with E-state index in [4.69, 9.17) is 0 Å². The number of benzene rings is 3. The first-order valence-electron chi connectivity index (χ1n) is 10.1. The van der Waals surface area contributed by atoms with Crippen LogP contribution in [0.3, 0.4) is 0 Å². The van der Waals surface area contributed by atoms with Gasteiger partial charge in [-0.25, -0.2) is 0 Å². The molecule has 3 aromatic carbocycles. The summed E-state index contributed by atoms with van der Waals surface area (Å²) in [5, 5.41) is 14.7. The average molecular weight is 397 g/mol. The Morgan fingerprint density at radius 1 is 0.690 bits per heavy atom. The van der Waals surface area contributed by atoms with Crippen molar-refractivity contribution < 1.29 is 9.90 Å². The summed E-state index contributed by atoms with van der Waals surface area (Å²) in [6, 6.07) is 31.3. The third-order valence-electron chi connectivity index (χ3n) is 5.74. The number of rotatable bonds is 3. The van der Waals surface area contributed by atoms with Crippen LogP contribution in [0.2, 0.25) is 0 Å². The van der Waals surface area contributed by atoms with E-state index in [-0.39, 0.29) is 5.78 Å². The Hall–Kier alpha value is -2.93. The largest absolute Gasteiger partial charge is 0.378 e. The summed E-state index contributed by atoms with van der Waals surface area (Å²) in [6.45, 7) is 0. The molecule has 1 saturated carbocycles. The minimum absolute atomic E-state index is 0.217. The van der Waals surface area contributed by atoms with E-state index in [1.165, 1.54) is 15.6 Å². The molecule has 4 rings (SSSR count). The molecule has 1 aliphatic rings. The standard InChI is InChI=1S/C26H24O2Si/c27-22-16-18-26(28,19-17-22)20-21-29(23-10-4-1-5-11-23,24-12-6-2-7-13-24)25-14-8-3-9-15-25/h1-15,28H,16-19H2. The molecule has 3 aromatic rings. The van der Waals surface area contributed by atoms with Crippen molar-refractivity contribution >= 4 is 29.4 Å². The average Bonchev–Trinajstić information content (AvgIpc) is 2.79. The van der Waals surface area contributed by atoms with E-state index in [9.17, 15) is 9.90 Å². The highest BCUT2D eigenvalue weighted by molar-refractivity contribution is 7.16. The molecule has 1 aliphatic carbocycles. The third-order valence-corrected chi connectivity index (χ3v) is 9.84. The number of ketones is 1. The van der Waals surface area contributed by atoms with E-state index in [1.807, 2.05) is 18.2 Å². The second-order valence-electron chi connectivity index (χ2n) is 7.67. The normalized spacial score (nSPS) is 16.0. The van der Waals surface area contributed by atoms with Crippen molar-refractivity contribution in [3.05, 3.63) is 91.0 Å². The topological polar surface area (TPSA) is 37.3 Å². The van der Waals surface area contributed by atoms with Gasteiger partial charge < -0.3 is 5.11 Å². The van der Waals surface area contributed by atoms with Crippen molar-refractivity contribution in [3.8, 4) is 11.5 Å². The van der Waals surface area contributed by atoms with E-state index in [0.717, 1.165) is 0 Å². The lowest BCUT2D eigenvalue weighted by Gasteiger charge is -2.30. The van der Waals surface area contributed by atoms with Crippen LogP contribution in [-0.2, 0) is 4.79 Å². The summed E-state index contributed by atoms with van der Waals surface area (Å²) in [7, 11) is -2.68. The zero-order chi connectivity index (χ0) is 20.2. The fourth-order valence-electron chi connectivity index (χ4n) is 4.06. The zero-order valence-corrected chi connectivity index (χ0v) is 17.3. The molecule has 1 N–H and O–H groups in total. The molecule has 144 valence electrons. The van der Waals surface area contributed by atoms with Gasteiger partial charge in [0, 0.05) is 12.8 Å². The van der Waals surface area contributed by atoms with Gasteiger partial charge in [0.15, 0.2) is 0 Å². The van der Waals surface area contributed by atoms with E-state index in [1.54, 1.807) is 0 Å². The molecule has 1 fully saturated rings. The Morgan fingerprint density at radius 2 is 1.07 bits per heavy atom. The molecule has 0 aliphatic heterocycles. The van der Waals surface area contributed by atoms with Crippen LogP contribution in [0.5, 0.6) is 0 Å². The molecule has 0 heterocycles. The minimum Gasteiger partial charge on any atom is -0.378 e. The number of aliphatic hydroxyl groups is 1. The maximum atomic E-state index is 11.7. The summed E-state index contributed by atoms with van der Waals surface area (Å²) >= 11 is 0. The first-order chi connectivity index (χ1) is 14.1. The van der Waals surface area contributed by atoms with E-state index in [0.29, 0.717) is 25.7 Å².